The Morgan fingerprint density at radius 1 is 1.06 bits per heavy atom. The molecule has 6 rings (SSSR count). The van der Waals surface area contributed by atoms with Crippen molar-refractivity contribution in [2.24, 2.45) is 17.8 Å². The topological polar surface area (TPSA) is 113 Å². The van der Waals surface area contributed by atoms with Crippen molar-refractivity contribution in [1.82, 2.24) is 0 Å². The summed E-state index contributed by atoms with van der Waals surface area (Å²) < 4.78 is 36.9. The fraction of sp³-hybridized carbons (Fsp3) is 0.605. The Hall–Kier alpha value is -2.95. The van der Waals surface area contributed by atoms with Gasteiger partial charge in [-0.05, 0) is 80.4 Å². The van der Waals surface area contributed by atoms with Gasteiger partial charge < -0.3 is 38.6 Å². The first kappa shape index (κ1) is 33.9. The van der Waals surface area contributed by atoms with Crippen LogP contribution in [0.25, 0.3) is 0 Å². The van der Waals surface area contributed by atoms with Crippen LogP contribution in [0.4, 0.5) is 0 Å². The lowest BCUT2D eigenvalue weighted by Crippen LogP contribution is -2.58. The first-order valence-electron chi connectivity index (χ1n) is 17.1. The normalized spacial score (nSPS) is 42.2. The number of hydrogen-bond donors (Lipinski definition) is 2. The maximum absolute atomic E-state index is 14.3. The molecule has 9 heteroatoms. The van der Waals surface area contributed by atoms with Crippen molar-refractivity contribution < 1.29 is 43.4 Å². The number of methoxy groups -OCH3 is 1. The van der Waals surface area contributed by atoms with Crippen molar-refractivity contribution in [3.8, 4) is 11.5 Å². The molecular weight excluding hydrogens is 600 g/mol. The van der Waals surface area contributed by atoms with Crippen LogP contribution in [-0.4, -0.2) is 78.4 Å². The third kappa shape index (κ3) is 7.10. The van der Waals surface area contributed by atoms with Gasteiger partial charge in [-0.3, -0.25) is 4.79 Å². The number of aliphatic hydroxyl groups is 2. The molecule has 0 radical (unpaired) electrons. The highest BCUT2D eigenvalue weighted by Crippen LogP contribution is 2.47. The zero-order valence-corrected chi connectivity index (χ0v) is 28.2. The molecule has 3 fully saturated rings. The predicted octanol–water partition coefficient (Wildman–Crippen LogP) is 5.60. The average Bonchev–Trinajstić information content (AvgIpc) is 3.38. The number of hydrogen-bond acceptors (Lipinski definition) is 9. The molecule has 0 saturated carbocycles. The van der Waals surface area contributed by atoms with Crippen LogP contribution in [0.2, 0.25) is 0 Å². The molecule has 9 nitrogen and oxygen atoms in total. The Balaban J connectivity index is 1.34. The molecule has 4 aliphatic heterocycles. The summed E-state index contributed by atoms with van der Waals surface area (Å²) in [5.74, 6) is -0.602. The van der Waals surface area contributed by atoms with Gasteiger partial charge in [0.1, 0.15) is 47.9 Å². The number of carbonyl (C=O) groups excluding carboxylic acids is 1. The minimum absolute atomic E-state index is 0.00172. The van der Waals surface area contributed by atoms with E-state index in [2.05, 4.69) is 39.8 Å². The molecule has 1 aliphatic carbocycles. The SMILES string of the molecule is COc1ccc(OCC2=CC3C(=O)OC4CC(C/C=C(\C)C[C@@H](C)/C=C/C=C5\COC([C@@H]2O)[C@@]53O)OC2(CC[C@H](C)[C@@H](C)O2)C4)cc1. The Bertz CT molecular complexity index is 1410. The number of aliphatic hydroxyl groups excluding tert-OH is 1. The number of benzene rings is 1. The standard InChI is InChI=1S/C38H50O9/c1-23-7-6-8-28-22-44-35-34(39)27(21-43-30-13-11-29(42-5)12-14-30)18-33(38(28,35)41)36(40)45-32-19-31(10-9-24(2)17-23)47-37(20-32)16-15-25(3)26(4)46-37/h6-9,11-14,18,23,25-26,31-35,39,41H,10,15-17,19-22H2,1-5H3/b7-6+,24-9+,28-8+/t23-,25-,26+,31?,32?,33?,34+,35?,37?,38+/m0/s1. The number of carbonyl (C=O) groups is 1. The minimum Gasteiger partial charge on any atom is -0.497 e. The highest BCUT2D eigenvalue weighted by atomic mass is 16.7. The molecule has 5 unspecified atom stereocenters. The van der Waals surface area contributed by atoms with Gasteiger partial charge in [0.25, 0.3) is 0 Å². The highest BCUT2D eigenvalue weighted by molar-refractivity contribution is 5.78. The first-order valence-corrected chi connectivity index (χ1v) is 17.1. The van der Waals surface area contributed by atoms with Gasteiger partial charge in [0, 0.05) is 19.3 Å². The Morgan fingerprint density at radius 2 is 1.83 bits per heavy atom. The predicted molar refractivity (Wildman–Crippen MR) is 176 cm³/mol. The van der Waals surface area contributed by atoms with Gasteiger partial charge in [-0.2, -0.15) is 0 Å². The number of ether oxygens (including phenoxy) is 6. The van der Waals surface area contributed by atoms with Crippen molar-refractivity contribution in [3.05, 3.63) is 71.4 Å². The third-order valence-corrected chi connectivity index (χ3v) is 10.6. The zero-order chi connectivity index (χ0) is 33.3. The van der Waals surface area contributed by atoms with E-state index < -0.39 is 41.6 Å². The van der Waals surface area contributed by atoms with Gasteiger partial charge in [-0.25, -0.2) is 0 Å². The van der Waals surface area contributed by atoms with E-state index >= 15 is 0 Å². The van der Waals surface area contributed by atoms with E-state index in [1.165, 1.54) is 5.57 Å². The van der Waals surface area contributed by atoms with Gasteiger partial charge in [-0.15, -0.1) is 0 Å². The monoisotopic (exact) mass is 650 g/mol. The highest BCUT2D eigenvalue weighted by Gasteiger charge is 2.60. The average molecular weight is 651 g/mol. The lowest BCUT2D eigenvalue weighted by atomic mass is 9.70. The lowest BCUT2D eigenvalue weighted by molar-refractivity contribution is -0.332. The van der Waals surface area contributed by atoms with E-state index in [1.54, 1.807) is 37.5 Å². The van der Waals surface area contributed by atoms with Crippen molar-refractivity contribution in [1.29, 1.82) is 0 Å². The van der Waals surface area contributed by atoms with E-state index in [0.717, 1.165) is 19.3 Å². The fourth-order valence-electron chi connectivity index (χ4n) is 7.73. The van der Waals surface area contributed by atoms with Crippen LogP contribution >= 0.6 is 0 Å². The van der Waals surface area contributed by atoms with E-state index in [4.69, 9.17) is 28.4 Å². The van der Waals surface area contributed by atoms with Crippen LogP contribution in [0.5, 0.6) is 11.5 Å². The van der Waals surface area contributed by atoms with Crippen LogP contribution in [0.3, 0.4) is 0 Å². The summed E-state index contributed by atoms with van der Waals surface area (Å²) in [5.41, 5.74) is 0.432. The van der Waals surface area contributed by atoms with Crippen LogP contribution in [-0.2, 0) is 23.7 Å². The zero-order valence-electron chi connectivity index (χ0n) is 28.2. The molecule has 1 aromatic rings. The molecule has 5 aliphatic rings. The van der Waals surface area contributed by atoms with Crippen molar-refractivity contribution in [2.75, 3.05) is 20.3 Å². The molecule has 10 atom stereocenters. The summed E-state index contributed by atoms with van der Waals surface area (Å²) in [7, 11) is 1.59. The number of allylic oxidation sites excluding steroid dienone is 4. The Kier molecular flexibility index (Phi) is 10.0. The summed E-state index contributed by atoms with van der Waals surface area (Å²) >= 11 is 0. The first-order chi connectivity index (χ1) is 22.5. The largest absolute Gasteiger partial charge is 0.497 e. The van der Waals surface area contributed by atoms with Gasteiger partial charge in [0.2, 0.25) is 0 Å². The smallest absolute Gasteiger partial charge is 0.316 e. The second-order valence-corrected chi connectivity index (χ2v) is 14.2. The van der Waals surface area contributed by atoms with Gasteiger partial charge in [-0.1, -0.05) is 49.8 Å². The molecular formula is C38H50O9. The van der Waals surface area contributed by atoms with E-state index in [-0.39, 0.29) is 31.3 Å². The summed E-state index contributed by atoms with van der Waals surface area (Å²) in [6.45, 7) is 8.63. The summed E-state index contributed by atoms with van der Waals surface area (Å²) in [4.78, 5) is 14.3. The molecule has 47 heavy (non-hydrogen) atoms. The summed E-state index contributed by atoms with van der Waals surface area (Å²) in [5, 5.41) is 23.9. The van der Waals surface area contributed by atoms with Crippen molar-refractivity contribution >= 4 is 5.97 Å². The van der Waals surface area contributed by atoms with E-state index in [0.29, 0.717) is 47.8 Å². The summed E-state index contributed by atoms with van der Waals surface area (Å²) in [6, 6.07) is 7.11. The van der Waals surface area contributed by atoms with Crippen LogP contribution < -0.4 is 9.47 Å². The number of esters is 1. The molecule has 256 valence electrons. The molecule has 4 heterocycles. The van der Waals surface area contributed by atoms with Crippen molar-refractivity contribution in [2.45, 2.75) is 108 Å². The quantitative estimate of drug-likeness (QED) is 0.318. The second-order valence-electron chi connectivity index (χ2n) is 14.2. The van der Waals surface area contributed by atoms with Gasteiger partial charge in [0.05, 0.1) is 25.9 Å². The maximum Gasteiger partial charge on any atom is 0.316 e. The van der Waals surface area contributed by atoms with Gasteiger partial charge >= 0.3 is 5.97 Å². The molecule has 2 N–H and O–H groups in total. The van der Waals surface area contributed by atoms with Crippen LogP contribution in [0.15, 0.2) is 71.4 Å². The second kappa shape index (κ2) is 13.9. The molecule has 1 spiro atoms. The van der Waals surface area contributed by atoms with E-state index in [9.17, 15) is 15.0 Å². The molecule has 0 aromatic heterocycles. The molecule has 3 saturated heterocycles. The molecule has 1 aromatic carbocycles. The number of fused-ring (bicyclic) bond motifs is 2. The Morgan fingerprint density at radius 3 is 2.57 bits per heavy atom. The van der Waals surface area contributed by atoms with Crippen LogP contribution in [0.1, 0.15) is 66.2 Å². The summed E-state index contributed by atoms with van der Waals surface area (Å²) in [6.07, 6.45) is 11.0. The Labute approximate surface area is 278 Å². The van der Waals surface area contributed by atoms with Crippen molar-refractivity contribution in [3.63, 3.8) is 0 Å². The van der Waals surface area contributed by atoms with Crippen LogP contribution in [0, 0.1) is 17.8 Å². The fourth-order valence-corrected chi connectivity index (χ4v) is 7.73. The minimum atomic E-state index is -1.80. The third-order valence-electron chi connectivity index (χ3n) is 10.6. The maximum atomic E-state index is 14.3. The number of rotatable bonds is 4. The van der Waals surface area contributed by atoms with Gasteiger partial charge in [0.15, 0.2) is 5.79 Å². The van der Waals surface area contributed by atoms with E-state index in [1.807, 2.05) is 12.2 Å². The molecule has 2 bridgehead atoms. The molecule has 0 amide bonds. The lowest BCUT2D eigenvalue weighted by Gasteiger charge is -2.49.